The molecule has 6 nitrogen and oxygen atoms in total. The van der Waals surface area contributed by atoms with Crippen molar-refractivity contribution in [2.24, 2.45) is 13.0 Å². The van der Waals surface area contributed by atoms with E-state index in [4.69, 9.17) is 0 Å². The molecule has 1 atom stereocenters. The quantitative estimate of drug-likeness (QED) is 0.868. The van der Waals surface area contributed by atoms with E-state index < -0.39 is 0 Å². The average molecular weight is 313 g/mol. The summed E-state index contributed by atoms with van der Waals surface area (Å²) in [6.45, 7) is 7.37. The van der Waals surface area contributed by atoms with E-state index in [0.29, 0.717) is 5.92 Å². The second-order valence-corrected chi connectivity index (χ2v) is 6.34. The minimum atomic E-state index is 0.158. The van der Waals surface area contributed by atoms with Gasteiger partial charge in [-0.3, -0.25) is 19.4 Å². The third-order valence-corrected chi connectivity index (χ3v) is 4.73. The fraction of sp³-hybridized carbons (Fsp3) is 0.529. The normalized spacial score (nSPS) is 17.7. The molecule has 0 bridgehead atoms. The van der Waals surface area contributed by atoms with E-state index in [1.165, 1.54) is 0 Å². The predicted octanol–water partition coefficient (Wildman–Crippen LogP) is 1.90. The molecule has 122 valence electrons. The summed E-state index contributed by atoms with van der Waals surface area (Å²) in [4.78, 5) is 22.6. The standard InChI is InChI=1S/C17H23N5O/c1-11-16(12(2)21(4)20-11)17-15(18-6-7-19-17)9-14-5-8-22(10-14)13(3)23/h6-7,14H,5,8-10H2,1-4H3/t14-/m1/s1. The summed E-state index contributed by atoms with van der Waals surface area (Å²) in [6.07, 6.45) is 5.36. The molecule has 0 spiro atoms. The zero-order valence-electron chi connectivity index (χ0n) is 14.2. The van der Waals surface area contributed by atoms with E-state index in [1.807, 2.05) is 23.6 Å². The Hall–Kier alpha value is -2.24. The number of carbonyl (C=O) groups excluding carboxylic acids is 1. The number of hydrogen-bond donors (Lipinski definition) is 0. The maximum Gasteiger partial charge on any atom is 0.219 e. The van der Waals surface area contributed by atoms with Crippen LogP contribution in [0.1, 0.15) is 30.4 Å². The highest BCUT2D eigenvalue weighted by Gasteiger charge is 2.26. The number of nitrogens with zero attached hydrogens (tertiary/aromatic N) is 5. The summed E-state index contributed by atoms with van der Waals surface area (Å²) in [7, 11) is 1.95. The number of rotatable bonds is 3. The van der Waals surface area contributed by atoms with E-state index in [9.17, 15) is 4.79 Å². The number of aromatic nitrogens is 4. The number of carbonyl (C=O) groups is 1. The van der Waals surface area contributed by atoms with Crippen molar-refractivity contribution in [2.75, 3.05) is 13.1 Å². The van der Waals surface area contributed by atoms with Gasteiger partial charge in [-0.1, -0.05) is 0 Å². The van der Waals surface area contributed by atoms with Crippen molar-refractivity contribution in [3.63, 3.8) is 0 Å². The molecule has 23 heavy (non-hydrogen) atoms. The van der Waals surface area contributed by atoms with Crippen LogP contribution in [-0.2, 0) is 18.3 Å². The van der Waals surface area contributed by atoms with Gasteiger partial charge >= 0.3 is 0 Å². The molecule has 2 aromatic rings. The molecule has 0 unspecified atom stereocenters. The van der Waals surface area contributed by atoms with Crippen molar-refractivity contribution in [2.45, 2.75) is 33.6 Å². The molecule has 1 fully saturated rings. The summed E-state index contributed by atoms with van der Waals surface area (Å²) in [5, 5.41) is 4.49. The highest BCUT2D eigenvalue weighted by atomic mass is 16.2. The van der Waals surface area contributed by atoms with Gasteiger partial charge in [-0.05, 0) is 32.6 Å². The number of amides is 1. The fourth-order valence-electron chi connectivity index (χ4n) is 3.40. The molecular formula is C17H23N5O. The van der Waals surface area contributed by atoms with Gasteiger partial charge in [0, 0.05) is 50.7 Å². The molecule has 1 aliphatic rings. The molecule has 0 radical (unpaired) electrons. The first-order valence-corrected chi connectivity index (χ1v) is 8.03. The summed E-state index contributed by atoms with van der Waals surface area (Å²) >= 11 is 0. The highest BCUT2D eigenvalue weighted by molar-refractivity contribution is 5.73. The Balaban J connectivity index is 1.89. The van der Waals surface area contributed by atoms with Gasteiger partial charge in [0.05, 0.1) is 17.1 Å². The molecule has 1 amide bonds. The van der Waals surface area contributed by atoms with Crippen LogP contribution in [0.5, 0.6) is 0 Å². The van der Waals surface area contributed by atoms with Crippen LogP contribution in [0.4, 0.5) is 0 Å². The monoisotopic (exact) mass is 313 g/mol. The first-order chi connectivity index (χ1) is 11.0. The summed E-state index contributed by atoms with van der Waals surface area (Å²) in [5.41, 5.74) is 5.08. The van der Waals surface area contributed by atoms with Gasteiger partial charge in [0.15, 0.2) is 0 Å². The average Bonchev–Trinajstić information content (AvgIpc) is 3.06. The Labute approximate surface area is 136 Å². The molecule has 0 N–H and O–H groups in total. The molecule has 2 aromatic heterocycles. The Morgan fingerprint density at radius 1 is 1.30 bits per heavy atom. The highest BCUT2D eigenvalue weighted by Crippen LogP contribution is 2.29. The number of hydrogen-bond acceptors (Lipinski definition) is 4. The van der Waals surface area contributed by atoms with Crippen LogP contribution in [0.3, 0.4) is 0 Å². The zero-order chi connectivity index (χ0) is 16.6. The van der Waals surface area contributed by atoms with E-state index in [0.717, 1.165) is 54.3 Å². The van der Waals surface area contributed by atoms with Crippen molar-refractivity contribution in [3.05, 3.63) is 29.5 Å². The maximum absolute atomic E-state index is 11.5. The van der Waals surface area contributed by atoms with Gasteiger partial charge in [-0.25, -0.2) is 0 Å². The van der Waals surface area contributed by atoms with Crippen LogP contribution in [-0.4, -0.2) is 43.6 Å². The van der Waals surface area contributed by atoms with Crippen molar-refractivity contribution < 1.29 is 4.79 Å². The van der Waals surface area contributed by atoms with E-state index >= 15 is 0 Å². The van der Waals surface area contributed by atoms with E-state index in [-0.39, 0.29) is 5.91 Å². The Bertz CT molecular complexity index is 737. The van der Waals surface area contributed by atoms with Crippen molar-refractivity contribution in [1.82, 2.24) is 24.6 Å². The van der Waals surface area contributed by atoms with Crippen LogP contribution < -0.4 is 0 Å². The topological polar surface area (TPSA) is 63.9 Å². The lowest BCUT2D eigenvalue weighted by Gasteiger charge is -2.15. The molecule has 1 aliphatic heterocycles. The van der Waals surface area contributed by atoms with Gasteiger partial charge in [0.2, 0.25) is 5.91 Å². The van der Waals surface area contributed by atoms with E-state index in [2.05, 4.69) is 22.0 Å². The lowest BCUT2D eigenvalue weighted by molar-refractivity contribution is -0.127. The molecule has 3 rings (SSSR count). The maximum atomic E-state index is 11.5. The Morgan fingerprint density at radius 3 is 2.65 bits per heavy atom. The van der Waals surface area contributed by atoms with Crippen LogP contribution in [0, 0.1) is 19.8 Å². The van der Waals surface area contributed by atoms with Crippen molar-refractivity contribution in [1.29, 1.82) is 0 Å². The van der Waals surface area contributed by atoms with Crippen LogP contribution in [0.2, 0.25) is 0 Å². The summed E-state index contributed by atoms with van der Waals surface area (Å²) in [5.74, 6) is 0.609. The lowest BCUT2D eigenvalue weighted by atomic mass is 9.98. The first-order valence-electron chi connectivity index (χ1n) is 8.03. The minimum absolute atomic E-state index is 0.158. The third-order valence-electron chi connectivity index (χ3n) is 4.73. The molecule has 0 aliphatic carbocycles. The third kappa shape index (κ3) is 2.98. The predicted molar refractivity (Wildman–Crippen MR) is 87.8 cm³/mol. The zero-order valence-corrected chi connectivity index (χ0v) is 14.2. The molecule has 6 heteroatoms. The van der Waals surface area contributed by atoms with E-state index in [1.54, 1.807) is 19.3 Å². The smallest absolute Gasteiger partial charge is 0.219 e. The number of likely N-dealkylation sites (tertiary alicyclic amines) is 1. The van der Waals surface area contributed by atoms with Crippen LogP contribution in [0.25, 0.3) is 11.3 Å². The van der Waals surface area contributed by atoms with Crippen LogP contribution >= 0.6 is 0 Å². The summed E-state index contributed by atoms with van der Waals surface area (Å²) in [6, 6.07) is 0. The van der Waals surface area contributed by atoms with Crippen molar-refractivity contribution >= 4 is 5.91 Å². The Kier molecular flexibility index (Phi) is 4.15. The molecular weight excluding hydrogens is 290 g/mol. The van der Waals surface area contributed by atoms with Crippen LogP contribution in [0.15, 0.2) is 12.4 Å². The minimum Gasteiger partial charge on any atom is -0.343 e. The Morgan fingerprint density at radius 2 is 2.04 bits per heavy atom. The lowest BCUT2D eigenvalue weighted by Crippen LogP contribution is -2.26. The van der Waals surface area contributed by atoms with Crippen molar-refractivity contribution in [3.8, 4) is 11.3 Å². The first kappa shape index (κ1) is 15.6. The van der Waals surface area contributed by atoms with Gasteiger partial charge < -0.3 is 4.90 Å². The van der Waals surface area contributed by atoms with Gasteiger partial charge in [0.1, 0.15) is 0 Å². The molecule has 1 saturated heterocycles. The molecule has 0 aromatic carbocycles. The second-order valence-electron chi connectivity index (χ2n) is 6.34. The number of aryl methyl sites for hydroxylation is 2. The summed E-state index contributed by atoms with van der Waals surface area (Å²) < 4.78 is 1.89. The van der Waals surface area contributed by atoms with Gasteiger partial charge in [-0.2, -0.15) is 5.10 Å². The van der Waals surface area contributed by atoms with Gasteiger partial charge in [0.25, 0.3) is 0 Å². The molecule has 0 saturated carbocycles. The fourth-order valence-corrected chi connectivity index (χ4v) is 3.40. The largest absolute Gasteiger partial charge is 0.343 e. The SMILES string of the molecule is CC(=O)N1CC[C@H](Cc2nccnc2-c2c(C)nn(C)c2C)C1. The second kappa shape index (κ2) is 6.10. The molecule has 3 heterocycles. The van der Waals surface area contributed by atoms with Gasteiger partial charge in [-0.15, -0.1) is 0 Å².